The van der Waals surface area contributed by atoms with E-state index >= 15 is 0 Å². The molecule has 1 aliphatic heterocycles. The number of aromatic nitrogens is 1. The molecule has 0 spiro atoms. The molecule has 0 radical (unpaired) electrons. The van der Waals surface area contributed by atoms with E-state index in [9.17, 15) is 4.79 Å². The number of hydrogen-bond acceptors (Lipinski definition) is 5. The van der Waals surface area contributed by atoms with Gasteiger partial charge in [-0.15, -0.1) is 0 Å². The summed E-state index contributed by atoms with van der Waals surface area (Å²) in [5.74, 6) is 2.94. The number of aliphatic imine (C=N–C) groups is 1. The molecule has 1 atom stereocenters. The molecule has 1 aliphatic rings. The number of nitrogens with zero attached hydrogens (tertiary/aromatic N) is 3. The largest absolute Gasteiger partial charge is 0.494 e. The van der Waals surface area contributed by atoms with Crippen LogP contribution in [0.4, 0.5) is 0 Å². The van der Waals surface area contributed by atoms with Gasteiger partial charge in [0.15, 0.2) is 5.96 Å². The summed E-state index contributed by atoms with van der Waals surface area (Å²) in [6.07, 6.45) is 3.19. The lowest BCUT2D eigenvalue weighted by Gasteiger charge is -2.18. The van der Waals surface area contributed by atoms with Crippen LogP contribution in [0.2, 0.25) is 0 Å². The SMILES string of the molecule is CCOc1ccc(Oc2cc(CNC(=NC)NC3CCN(C(=O)CC)C3)ccn2)cc1. The molecule has 2 heterocycles. The third-order valence-corrected chi connectivity index (χ3v) is 5.02. The number of carbonyl (C=O) groups excluding carboxylic acids is 1. The Kier molecular flexibility index (Phi) is 8.09. The van der Waals surface area contributed by atoms with Gasteiger partial charge in [0.25, 0.3) is 0 Å². The molecular weight excluding hydrogens is 394 g/mol. The number of carbonyl (C=O) groups is 1. The fraction of sp³-hybridized carbons (Fsp3) is 0.435. The standard InChI is InChI=1S/C23H31N5O3/c1-4-22(29)28-13-11-18(16-28)27-23(24-3)26-15-17-10-12-25-21(14-17)31-20-8-6-19(7-9-20)30-5-2/h6-10,12,14,18H,4-5,11,13,15-16H2,1-3H3,(H2,24,26,27). The molecule has 1 aromatic carbocycles. The Balaban J connectivity index is 1.51. The molecule has 0 aliphatic carbocycles. The second-order valence-corrected chi connectivity index (χ2v) is 7.26. The maximum absolute atomic E-state index is 11.9. The first kappa shape index (κ1) is 22.4. The Hall–Kier alpha value is -3.29. The minimum atomic E-state index is 0.198. The maximum atomic E-state index is 11.9. The summed E-state index contributed by atoms with van der Waals surface area (Å²) >= 11 is 0. The first-order valence-corrected chi connectivity index (χ1v) is 10.7. The van der Waals surface area contributed by atoms with E-state index < -0.39 is 0 Å². The Bertz CT molecular complexity index is 885. The minimum Gasteiger partial charge on any atom is -0.494 e. The third-order valence-electron chi connectivity index (χ3n) is 5.02. The fourth-order valence-corrected chi connectivity index (χ4v) is 3.41. The number of rotatable bonds is 8. The number of pyridine rings is 1. The van der Waals surface area contributed by atoms with Gasteiger partial charge in [0.05, 0.1) is 6.61 Å². The van der Waals surface area contributed by atoms with Crippen LogP contribution in [0.5, 0.6) is 17.4 Å². The smallest absolute Gasteiger partial charge is 0.222 e. The highest BCUT2D eigenvalue weighted by molar-refractivity contribution is 5.80. The second kappa shape index (κ2) is 11.2. The van der Waals surface area contributed by atoms with Crippen LogP contribution in [-0.4, -0.2) is 54.5 Å². The molecule has 0 saturated carbocycles. The van der Waals surface area contributed by atoms with Crippen molar-refractivity contribution in [3.63, 3.8) is 0 Å². The van der Waals surface area contributed by atoms with Crippen LogP contribution in [-0.2, 0) is 11.3 Å². The first-order valence-electron chi connectivity index (χ1n) is 10.7. The summed E-state index contributed by atoms with van der Waals surface area (Å²) in [7, 11) is 1.74. The van der Waals surface area contributed by atoms with Crippen molar-refractivity contribution in [1.29, 1.82) is 0 Å². The lowest BCUT2D eigenvalue weighted by atomic mass is 10.2. The molecule has 2 aromatic rings. The van der Waals surface area contributed by atoms with Gasteiger partial charge < -0.3 is 25.0 Å². The Labute approximate surface area is 183 Å². The number of ether oxygens (including phenoxy) is 2. The van der Waals surface area contributed by atoms with Gasteiger partial charge in [-0.3, -0.25) is 9.79 Å². The average molecular weight is 426 g/mol. The Morgan fingerprint density at radius 3 is 2.71 bits per heavy atom. The molecule has 3 rings (SSSR count). The molecule has 31 heavy (non-hydrogen) atoms. The van der Waals surface area contributed by atoms with Crippen LogP contribution in [0.1, 0.15) is 32.3 Å². The molecule has 166 valence electrons. The maximum Gasteiger partial charge on any atom is 0.222 e. The van der Waals surface area contributed by atoms with Crippen molar-refractivity contribution < 1.29 is 14.3 Å². The number of hydrogen-bond donors (Lipinski definition) is 2. The quantitative estimate of drug-likeness (QED) is 0.499. The van der Waals surface area contributed by atoms with E-state index in [1.165, 1.54) is 0 Å². The zero-order valence-electron chi connectivity index (χ0n) is 18.4. The first-order chi connectivity index (χ1) is 15.1. The predicted molar refractivity (Wildman–Crippen MR) is 121 cm³/mol. The van der Waals surface area contributed by atoms with E-state index in [0.717, 1.165) is 24.3 Å². The Morgan fingerprint density at radius 1 is 1.23 bits per heavy atom. The zero-order valence-corrected chi connectivity index (χ0v) is 18.4. The molecule has 1 fully saturated rings. The van der Waals surface area contributed by atoms with Crippen LogP contribution in [0.15, 0.2) is 47.6 Å². The monoisotopic (exact) mass is 425 g/mol. The highest BCUT2D eigenvalue weighted by Crippen LogP contribution is 2.23. The number of amides is 1. The van der Waals surface area contributed by atoms with Crippen LogP contribution in [0.25, 0.3) is 0 Å². The van der Waals surface area contributed by atoms with Crippen molar-refractivity contribution in [2.24, 2.45) is 4.99 Å². The van der Waals surface area contributed by atoms with Gasteiger partial charge in [-0.2, -0.15) is 0 Å². The second-order valence-electron chi connectivity index (χ2n) is 7.26. The van der Waals surface area contributed by atoms with Crippen molar-refractivity contribution in [1.82, 2.24) is 20.5 Å². The highest BCUT2D eigenvalue weighted by atomic mass is 16.5. The van der Waals surface area contributed by atoms with E-state index in [4.69, 9.17) is 9.47 Å². The van der Waals surface area contributed by atoms with Crippen LogP contribution in [0, 0.1) is 0 Å². The third kappa shape index (κ3) is 6.60. The van der Waals surface area contributed by atoms with E-state index in [0.29, 0.717) is 43.7 Å². The number of likely N-dealkylation sites (tertiary alicyclic amines) is 1. The summed E-state index contributed by atoms with van der Waals surface area (Å²) < 4.78 is 11.3. The van der Waals surface area contributed by atoms with Gasteiger partial charge in [0.2, 0.25) is 11.8 Å². The van der Waals surface area contributed by atoms with Crippen molar-refractivity contribution in [3.05, 3.63) is 48.2 Å². The average Bonchev–Trinajstić information content (AvgIpc) is 3.26. The predicted octanol–water partition coefficient (Wildman–Crippen LogP) is 2.95. The van der Waals surface area contributed by atoms with E-state index in [1.807, 2.05) is 55.1 Å². The molecule has 8 nitrogen and oxygen atoms in total. The van der Waals surface area contributed by atoms with Gasteiger partial charge in [-0.25, -0.2) is 4.98 Å². The van der Waals surface area contributed by atoms with Gasteiger partial charge in [0, 0.05) is 51.4 Å². The normalized spacial score (nSPS) is 16.2. The lowest BCUT2D eigenvalue weighted by Crippen LogP contribution is -2.44. The lowest BCUT2D eigenvalue weighted by molar-refractivity contribution is -0.129. The molecule has 1 saturated heterocycles. The van der Waals surface area contributed by atoms with E-state index in [-0.39, 0.29) is 11.9 Å². The van der Waals surface area contributed by atoms with Gasteiger partial charge >= 0.3 is 0 Å². The molecule has 0 bridgehead atoms. The molecule has 8 heteroatoms. The minimum absolute atomic E-state index is 0.198. The summed E-state index contributed by atoms with van der Waals surface area (Å²) in [6, 6.07) is 11.5. The fourth-order valence-electron chi connectivity index (χ4n) is 3.41. The summed E-state index contributed by atoms with van der Waals surface area (Å²) in [6.45, 7) is 6.55. The number of benzene rings is 1. The molecular formula is C23H31N5O3. The van der Waals surface area contributed by atoms with Gasteiger partial charge in [0.1, 0.15) is 11.5 Å². The van der Waals surface area contributed by atoms with E-state index in [1.54, 1.807) is 13.2 Å². The summed E-state index contributed by atoms with van der Waals surface area (Å²) in [4.78, 5) is 22.4. The van der Waals surface area contributed by atoms with Gasteiger partial charge in [-0.1, -0.05) is 6.92 Å². The van der Waals surface area contributed by atoms with Crippen molar-refractivity contribution in [2.75, 3.05) is 26.7 Å². The molecule has 1 amide bonds. The number of guanidine groups is 1. The number of nitrogens with one attached hydrogen (secondary N) is 2. The Morgan fingerprint density at radius 2 is 2.00 bits per heavy atom. The van der Waals surface area contributed by atoms with E-state index in [2.05, 4.69) is 20.6 Å². The highest BCUT2D eigenvalue weighted by Gasteiger charge is 2.25. The van der Waals surface area contributed by atoms with Crippen molar-refractivity contribution in [2.45, 2.75) is 39.3 Å². The van der Waals surface area contributed by atoms with Crippen LogP contribution in [0.3, 0.4) is 0 Å². The van der Waals surface area contributed by atoms with Gasteiger partial charge in [-0.05, 0) is 49.2 Å². The summed E-state index contributed by atoms with van der Waals surface area (Å²) in [5.41, 5.74) is 1.02. The van der Waals surface area contributed by atoms with Crippen molar-refractivity contribution >= 4 is 11.9 Å². The molecule has 1 aromatic heterocycles. The molecule has 2 N–H and O–H groups in total. The zero-order chi connectivity index (χ0) is 22.1. The van der Waals surface area contributed by atoms with Crippen LogP contribution < -0.4 is 20.1 Å². The summed E-state index contributed by atoms with van der Waals surface area (Å²) in [5, 5.41) is 6.72. The van der Waals surface area contributed by atoms with Crippen molar-refractivity contribution in [3.8, 4) is 17.4 Å². The molecule has 1 unspecified atom stereocenters. The van der Waals surface area contributed by atoms with Crippen LogP contribution >= 0.6 is 0 Å². The topological polar surface area (TPSA) is 88.1 Å².